The maximum atomic E-state index is 12.1. The summed E-state index contributed by atoms with van der Waals surface area (Å²) in [5.41, 5.74) is 0.708. The Morgan fingerprint density at radius 1 is 1.03 bits per heavy atom. The van der Waals surface area contributed by atoms with Gasteiger partial charge in [0.1, 0.15) is 6.10 Å². The second kappa shape index (κ2) is 14.9. The Bertz CT molecular complexity index is 692. The van der Waals surface area contributed by atoms with Gasteiger partial charge in [-0.15, -0.1) is 0 Å². The molecule has 4 unspecified atom stereocenters. The largest absolute Gasteiger partial charge is 0.481 e. The summed E-state index contributed by atoms with van der Waals surface area (Å²) < 4.78 is 16.7. The van der Waals surface area contributed by atoms with E-state index in [0.29, 0.717) is 38.0 Å². The average molecular weight is 501 g/mol. The molecule has 202 valence electrons. The highest BCUT2D eigenvalue weighted by molar-refractivity contribution is 5.82. The molecule has 0 aromatic carbocycles. The zero-order valence-electron chi connectivity index (χ0n) is 21.3. The van der Waals surface area contributed by atoms with Gasteiger partial charge in [-0.2, -0.15) is 0 Å². The fourth-order valence-corrected chi connectivity index (χ4v) is 4.59. The van der Waals surface area contributed by atoms with Crippen LogP contribution in [0.25, 0.3) is 0 Å². The van der Waals surface area contributed by atoms with Gasteiger partial charge in [0, 0.05) is 24.3 Å². The van der Waals surface area contributed by atoms with Crippen molar-refractivity contribution < 1.29 is 44.2 Å². The van der Waals surface area contributed by atoms with Gasteiger partial charge in [0.25, 0.3) is 0 Å². The molecule has 2 aliphatic rings. The number of aliphatic carboxylic acids is 1. The van der Waals surface area contributed by atoms with Crippen molar-refractivity contribution >= 4 is 11.9 Å². The predicted octanol–water partition coefficient (Wildman–Crippen LogP) is 2.59. The van der Waals surface area contributed by atoms with E-state index in [-0.39, 0.29) is 30.5 Å². The van der Waals surface area contributed by atoms with Gasteiger partial charge in [0.2, 0.25) is 0 Å². The van der Waals surface area contributed by atoms with Crippen LogP contribution in [0.1, 0.15) is 78.6 Å². The molecule has 0 aromatic heterocycles. The van der Waals surface area contributed by atoms with Crippen molar-refractivity contribution in [2.45, 2.75) is 115 Å². The molecule has 0 saturated carbocycles. The molecule has 2 aliphatic heterocycles. The van der Waals surface area contributed by atoms with Crippen molar-refractivity contribution in [1.82, 2.24) is 0 Å². The summed E-state index contributed by atoms with van der Waals surface area (Å²) in [6, 6.07) is 0. The van der Waals surface area contributed by atoms with Crippen molar-refractivity contribution in [3.8, 4) is 0 Å². The molecule has 9 heteroatoms. The molecular weight excluding hydrogens is 456 g/mol. The molecule has 2 saturated heterocycles. The smallest absolute Gasteiger partial charge is 0.330 e. The van der Waals surface area contributed by atoms with Gasteiger partial charge >= 0.3 is 11.9 Å². The normalized spacial score (nSPS) is 30.5. The molecule has 0 aliphatic carbocycles. The Kier molecular flexibility index (Phi) is 12.6. The SMILES string of the molecule is CC(=CC(=O)OCCCCCCCCC(=O)O)CC1OC[C@H](C[C@@H]2OC2C(C)C(C)O)[C@@H](O)[C@H]1O. The molecule has 0 bridgehead atoms. The summed E-state index contributed by atoms with van der Waals surface area (Å²) in [5.74, 6) is -1.42. The maximum Gasteiger partial charge on any atom is 0.330 e. The van der Waals surface area contributed by atoms with E-state index in [2.05, 4.69) is 0 Å². The molecule has 4 N–H and O–H groups in total. The van der Waals surface area contributed by atoms with Gasteiger partial charge in [-0.25, -0.2) is 4.79 Å². The summed E-state index contributed by atoms with van der Waals surface area (Å²) in [6.45, 7) is 6.07. The molecule has 0 aromatic rings. The number of esters is 1. The third-order valence-electron chi connectivity index (χ3n) is 7.09. The van der Waals surface area contributed by atoms with Crippen LogP contribution in [0.3, 0.4) is 0 Å². The number of carboxylic acid groups (broad SMARTS) is 1. The Morgan fingerprint density at radius 2 is 1.69 bits per heavy atom. The van der Waals surface area contributed by atoms with E-state index in [9.17, 15) is 24.9 Å². The number of rotatable bonds is 16. The summed E-state index contributed by atoms with van der Waals surface area (Å²) in [6.07, 6.45) is 4.61. The van der Waals surface area contributed by atoms with Crippen LogP contribution in [-0.4, -0.2) is 82.2 Å². The van der Waals surface area contributed by atoms with Crippen molar-refractivity contribution in [2.24, 2.45) is 11.8 Å². The molecular formula is C26H44O9. The van der Waals surface area contributed by atoms with Crippen LogP contribution in [-0.2, 0) is 23.8 Å². The van der Waals surface area contributed by atoms with E-state index in [1.807, 2.05) is 6.92 Å². The third-order valence-corrected chi connectivity index (χ3v) is 7.09. The lowest BCUT2D eigenvalue weighted by Gasteiger charge is -2.38. The summed E-state index contributed by atoms with van der Waals surface area (Å²) >= 11 is 0. The van der Waals surface area contributed by atoms with Crippen molar-refractivity contribution in [1.29, 1.82) is 0 Å². The Hall–Kier alpha value is -1.52. The minimum Gasteiger partial charge on any atom is -0.481 e. The van der Waals surface area contributed by atoms with Gasteiger partial charge in [0.15, 0.2) is 0 Å². The van der Waals surface area contributed by atoms with E-state index in [4.69, 9.17) is 19.3 Å². The van der Waals surface area contributed by atoms with E-state index in [1.54, 1.807) is 13.8 Å². The van der Waals surface area contributed by atoms with Crippen LogP contribution in [0.5, 0.6) is 0 Å². The minimum absolute atomic E-state index is 0.0160. The van der Waals surface area contributed by atoms with E-state index < -0.39 is 36.4 Å². The van der Waals surface area contributed by atoms with Crippen molar-refractivity contribution in [3.05, 3.63) is 11.6 Å². The molecule has 9 nitrogen and oxygen atoms in total. The van der Waals surface area contributed by atoms with Crippen LogP contribution >= 0.6 is 0 Å². The topological polar surface area (TPSA) is 146 Å². The van der Waals surface area contributed by atoms with Crippen molar-refractivity contribution in [3.63, 3.8) is 0 Å². The number of hydrogen-bond donors (Lipinski definition) is 4. The number of aliphatic hydroxyl groups excluding tert-OH is 3. The highest BCUT2D eigenvalue weighted by Gasteiger charge is 2.48. The number of carbonyl (C=O) groups is 2. The number of aliphatic hydroxyl groups is 3. The Morgan fingerprint density at radius 3 is 2.34 bits per heavy atom. The first-order chi connectivity index (χ1) is 16.6. The lowest BCUT2D eigenvalue weighted by Crippen LogP contribution is -2.50. The van der Waals surface area contributed by atoms with Crippen LogP contribution < -0.4 is 0 Å². The molecule has 35 heavy (non-hydrogen) atoms. The molecule has 2 heterocycles. The fourth-order valence-electron chi connectivity index (χ4n) is 4.59. The van der Waals surface area contributed by atoms with Gasteiger partial charge in [0.05, 0.1) is 43.7 Å². The zero-order valence-corrected chi connectivity index (χ0v) is 21.3. The van der Waals surface area contributed by atoms with E-state index in [0.717, 1.165) is 32.1 Å². The quantitative estimate of drug-likeness (QED) is 0.109. The predicted molar refractivity (Wildman–Crippen MR) is 129 cm³/mol. The standard InChI is InChI=1S/C26H44O9/c1-16(13-23(30)33-11-9-7-5-4-6-8-10-22(28)29)12-20-25(32)24(31)19(15-34-20)14-21-26(35-21)17(2)18(3)27/h13,17-21,24-27,31-32H,4-12,14-15H2,1-3H3,(H,28,29)/t17?,18?,19-,20?,21-,24+,25-,26?/m0/s1. The average Bonchev–Trinajstić information content (AvgIpc) is 3.55. The van der Waals surface area contributed by atoms with Crippen LogP contribution in [0, 0.1) is 11.8 Å². The summed E-state index contributed by atoms with van der Waals surface area (Å²) in [7, 11) is 0. The van der Waals surface area contributed by atoms with Crippen LogP contribution in [0.4, 0.5) is 0 Å². The second-order valence-electron chi connectivity index (χ2n) is 10.2. The molecule has 0 spiro atoms. The first-order valence-corrected chi connectivity index (χ1v) is 13.0. The number of unbranched alkanes of at least 4 members (excludes halogenated alkanes) is 5. The fraction of sp³-hybridized carbons (Fsp3) is 0.846. The summed E-state index contributed by atoms with van der Waals surface area (Å²) in [5, 5.41) is 39.5. The Labute approximate surface area is 208 Å². The number of carboxylic acids is 1. The first-order valence-electron chi connectivity index (χ1n) is 13.0. The number of carbonyl (C=O) groups excluding carboxylic acids is 1. The van der Waals surface area contributed by atoms with Crippen LogP contribution in [0.15, 0.2) is 11.6 Å². The Balaban J connectivity index is 1.62. The van der Waals surface area contributed by atoms with Crippen molar-refractivity contribution in [2.75, 3.05) is 13.2 Å². The number of hydrogen-bond acceptors (Lipinski definition) is 8. The van der Waals surface area contributed by atoms with Crippen LogP contribution in [0.2, 0.25) is 0 Å². The van der Waals surface area contributed by atoms with Gasteiger partial charge in [-0.3, -0.25) is 4.79 Å². The number of epoxide rings is 1. The lowest BCUT2D eigenvalue weighted by atomic mass is 9.85. The number of ether oxygens (including phenoxy) is 3. The highest BCUT2D eigenvalue weighted by Crippen LogP contribution is 2.38. The highest BCUT2D eigenvalue weighted by atomic mass is 16.6. The molecule has 0 radical (unpaired) electrons. The lowest BCUT2D eigenvalue weighted by molar-refractivity contribution is -0.165. The third kappa shape index (κ3) is 10.6. The maximum absolute atomic E-state index is 12.1. The zero-order chi connectivity index (χ0) is 26.0. The second-order valence-corrected chi connectivity index (χ2v) is 10.2. The van der Waals surface area contributed by atoms with E-state index in [1.165, 1.54) is 6.08 Å². The first kappa shape index (κ1) is 29.7. The summed E-state index contributed by atoms with van der Waals surface area (Å²) in [4.78, 5) is 22.5. The molecule has 0 amide bonds. The minimum atomic E-state index is -1.06. The monoisotopic (exact) mass is 500 g/mol. The van der Waals surface area contributed by atoms with E-state index >= 15 is 0 Å². The molecule has 2 rings (SSSR count). The van der Waals surface area contributed by atoms with Gasteiger partial charge < -0.3 is 34.6 Å². The van der Waals surface area contributed by atoms with Gasteiger partial charge in [-0.1, -0.05) is 38.2 Å². The van der Waals surface area contributed by atoms with Gasteiger partial charge in [-0.05, 0) is 39.5 Å². The molecule has 8 atom stereocenters. The molecule has 2 fully saturated rings.